The number of benzene rings is 1. The molecule has 2 heteroatoms. The molecule has 0 heterocycles. The van der Waals surface area contributed by atoms with E-state index in [2.05, 4.69) is 13.0 Å². The first kappa shape index (κ1) is 13.0. The topological polar surface area (TPSA) is 9.23 Å². The Morgan fingerprint density at radius 2 is 2.00 bits per heavy atom. The first-order valence-electron chi connectivity index (χ1n) is 5.86. The number of rotatable bonds is 6. The summed E-state index contributed by atoms with van der Waals surface area (Å²) < 4.78 is 18.1. The van der Waals surface area contributed by atoms with Gasteiger partial charge in [-0.15, -0.1) is 0 Å². The van der Waals surface area contributed by atoms with E-state index in [0.717, 1.165) is 30.1 Å². The molecule has 0 spiro atoms. The fourth-order valence-corrected chi connectivity index (χ4v) is 1.67. The molecule has 0 aliphatic heterocycles. The zero-order valence-corrected chi connectivity index (χ0v) is 10.3. The third kappa shape index (κ3) is 3.51. The van der Waals surface area contributed by atoms with E-state index in [1.54, 1.807) is 0 Å². The summed E-state index contributed by atoms with van der Waals surface area (Å²) in [5.41, 5.74) is 2.17. The predicted octanol–water partition coefficient (Wildman–Crippen LogP) is 3.95. The maximum atomic E-state index is 12.6. The summed E-state index contributed by atoms with van der Waals surface area (Å²) in [7, 11) is 0. The van der Waals surface area contributed by atoms with Gasteiger partial charge in [0.05, 0.1) is 13.3 Å². The number of hydrogen-bond donors (Lipinski definition) is 0. The Morgan fingerprint density at radius 3 is 2.56 bits per heavy atom. The molecule has 1 aromatic rings. The average Bonchev–Trinajstić information content (AvgIpc) is 2.28. The summed E-state index contributed by atoms with van der Waals surface area (Å²) in [6.45, 7) is 6.16. The van der Waals surface area contributed by atoms with Gasteiger partial charge in [-0.25, -0.2) is 0 Å². The molecule has 0 unspecified atom stereocenters. The number of ether oxygens (including phenoxy) is 1. The summed E-state index contributed by atoms with van der Waals surface area (Å²) in [5.74, 6) is 1.61. The van der Waals surface area contributed by atoms with Crippen LogP contribution in [0.15, 0.2) is 18.2 Å². The van der Waals surface area contributed by atoms with Crippen molar-refractivity contribution in [1.29, 1.82) is 0 Å². The van der Waals surface area contributed by atoms with E-state index in [1.807, 2.05) is 26.0 Å². The molecule has 0 amide bonds. The molecule has 1 rings (SSSR count). The molecule has 1 radical (unpaired) electrons. The standard InChI is InChI=1S/C14H20FO/c1-4-6-12-7-13(11(3)10-15)9-14(8-12)16-5-2/h7-9H,4-6,10H2,1-3H3. The quantitative estimate of drug-likeness (QED) is 0.709. The van der Waals surface area contributed by atoms with Crippen LogP contribution >= 0.6 is 0 Å². The van der Waals surface area contributed by atoms with Crippen LogP contribution in [0.5, 0.6) is 5.75 Å². The van der Waals surface area contributed by atoms with Gasteiger partial charge in [0.2, 0.25) is 0 Å². The Balaban J connectivity index is 2.97. The lowest BCUT2D eigenvalue weighted by molar-refractivity contribution is 0.339. The smallest absolute Gasteiger partial charge is 0.119 e. The molecule has 0 bridgehead atoms. The van der Waals surface area contributed by atoms with Crippen molar-refractivity contribution in [3.05, 3.63) is 35.2 Å². The predicted molar refractivity (Wildman–Crippen MR) is 65.6 cm³/mol. The van der Waals surface area contributed by atoms with Crippen LogP contribution in [0.25, 0.3) is 0 Å². The Hall–Kier alpha value is -1.05. The lowest BCUT2D eigenvalue weighted by Crippen LogP contribution is -2.00. The van der Waals surface area contributed by atoms with Gasteiger partial charge in [-0.1, -0.05) is 26.3 Å². The SMILES string of the molecule is CCCc1cc(OCC)cc([C](C)CF)c1. The molecule has 0 fully saturated rings. The largest absolute Gasteiger partial charge is 0.494 e. The molecule has 0 aliphatic rings. The molecule has 0 aliphatic carbocycles. The second-order valence-corrected chi connectivity index (χ2v) is 3.96. The Bertz CT molecular complexity index is 298. The third-order valence-corrected chi connectivity index (χ3v) is 2.51. The summed E-state index contributed by atoms with van der Waals surface area (Å²) >= 11 is 0. The van der Waals surface area contributed by atoms with Crippen LogP contribution in [0.4, 0.5) is 4.39 Å². The van der Waals surface area contributed by atoms with Crippen LogP contribution < -0.4 is 4.74 Å². The Labute approximate surface area is 97.6 Å². The van der Waals surface area contributed by atoms with Crippen molar-refractivity contribution in [2.45, 2.75) is 33.6 Å². The van der Waals surface area contributed by atoms with E-state index < -0.39 is 6.67 Å². The van der Waals surface area contributed by atoms with Gasteiger partial charge in [0.15, 0.2) is 0 Å². The zero-order chi connectivity index (χ0) is 12.0. The summed E-state index contributed by atoms with van der Waals surface area (Å²) in [5, 5.41) is 0. The molecule has 0 saturated heterocycles. The van der Waals surface area contributed by atoms with E-state index >= 15 is 0 Å². The fraction of sp³-hybridized carbons (Fsp3) is 0.500. The third-order valence-electron chi connectivity index (χ3n) is 2.51. The van der Waals surface area contributed by atoms with E-state index in [4.69, 9.17) is 4.74 Å². The minimum Gasteiger partial charge on any atom is -0.494 e. The molecule has 0 saturated carbocycles. The molecule has 89 valence electrons. The molecule has 1 aromatic carbocycles. The Kier molecular flexibility index (Phi) is 5.30. The van der Waals surface area contributed by atoms with Gasteiger partial charge in [-0.3, -0.25) is 4.39 Å². The van der Waals surface area contributed by atoms with Crippen LogP contribution in [-0.4, -0.2) is 13.3 Å². The van der Waals surface area contributed by atoms with Crippen molar-refractivity contribution >= 4 is 0 Å². The van der Waals surface area contributed by atoms with Crippen molar-refractivity contribution in [2.75, 3.05) is 13.3 Å². The van der Waals surface area contributed by atoms with Crippen LogP contribution in [0.2, 0.25) is 0 Å². The van der Waals surface area contributed by atoms with Gasteiger partial charge in [-0.05, 0) is 36.6 Å². The first-order chi connectivity index (χ1) is 7.71. The highest BCUT2D eigenvalue weighted by molar-refractivity contribution is 5.41. The van der Waals surface area contributed by atoms with Gasteiger partial charge in [0.25, 0.3) is 0 Å². The van der Waals surface area contributed by atoms with Crippen LogP contribution in [0.3, 0.4) is 0 Å². The number of halogens is 1. The maximum Gasteiger partial charge on any atom is 0.119 e. The summed E-state index contributed by atoms with van der Waals surface area (Å²) in [6.07, 6.45) is 2.09. The second-order valence-electron chi connectivity index (χ2n) is 3.96. The van der Waals surface area contributed by atoms with Gasteiger partial charge in [-0.2, -0.15) is 0 Å². The van der Waals surface area contributed by atoms with E-state index in [0.29, 0.717) is 6.61 Å². The van der Waals surface area contributed by atoms with Gasteiger partial charge >= 0.3 is 0 Å². The Morgan fingerprint density at radius 1 is 1.25 bits per heavy atom. The minimum atomic E-state index is -0.402. The van der Waals surface area contributed by atoms with Crippen molar-refractivity contribution in [2.24, 2.45) is 0 Å². The minimum absolute atomic E-state index is 0.402. The average molecular weight is 223 g/mol. The maximum absolute atomic E-state index is 12.6. The molecule has 16 heavy (non-hydrogen) atoms. The number of aryl methyl sites for hydroxylation is 1. The van der Waals surface area contributed by atoms with Gasteiger partial charge in [0.1, 0.15) is 5.75 Å². The number of hydrogen-bond acceptors (Lipinski definition) is 1. The van der Waals surface area contributed by atoms with Gasteiger partial charge in [0, 0.05) is 5.92 Å². The summed E-state index contributed by atoms with van der Waals surface area (Å²) in [4.78, 5) is 0. The van der Waals surface area contributed by atoms with Crippen LogP contribution in [-0.2, 0) is 6.42 Å². The fourth-order valence-electron chi connectivity index (χ4n) is 1.67. The molecule has 0 atom stereocenters. The highest BCUT2D eigenvalue weighted by Crippen LogP contribution is 2.24. The van der Waals surface area contributed by atoms with Crippen molar-refractivity contribution < 1.29 is 9.13 Å². The van der Waals surface area contributed by atoms with E-state index in [-0.39, 0.29) is 0 Å². The van der Waals surface area contributed by atoms with Crippen LogP contribution in [0, 0.1) is 5.92 Å². The second kappa shape index (κ2) is 6.51. The van der Waals surface area contributed by atoms with Crippen LogP contribution in [0.1, 0.15) is 38.3 Å². The molecule has 0 N–H and O–H groups in total. The summed E-state index contributed by atoms with van der Waals surface area (Å²) in [6, 6.07) is 6.01. The lowest BCUT2D eigenvalue weighted by Gasteiger charge is -2.12. The van der Waals surface area contributed by atoms with Gasteiger partial charge < -0.3 is 4.74 Å². The monoisotopic (exact) mass is 223 g/mol. The lowest BCUT2D eigenvalue weighted by atomic mass is 9.98. The van der Waals surface area contributed by atoms with Crippen molar-refractivity contribution in [3.8, 4) is 5.75 Å². The molecular formula is C14H20FO. The van der Waals surface area contributed by atoms with Crippen molar-refractivity contribution in [1.82, 2.24) is 0 Å². The zero-order valence-electron chi connectivity index (χ0n) is 10.3. The first-order valence-corrected chi connectivity index (χ1v) is 5.86. The number of alkyl halides is 1. The highest BCUT2D eigenvalue weighted by atomic mass is 19.1. The normalized spacial score (nSPS) is 10.8. The highest BCUT2D eigenvalue weighted by Gasteiger charge is 2.09. The molecule has 1 nitrogen and oxygen atoms in total. The van der Waals surface area contributed by atoms with E-state index in [1.165, 1.54) is 5.56 Å². The van der Waals surface area contributed by atoms with Crippen molar-refractivity contribution in [3.63, 3.8) is 0 Å². The molecule has 0 aromatic heterocycles. The molecular weight excluding hydrogens is 203 g/mol. The van der Waals surface area contributed by atoms with E-state index in [9.17, 15) is 4.39 Å².